The standard InChI is InChI=1S/C6H6SeTe/c7-8-6-4-2-1-3-5-6/h1-5,7H. The van der Waals surface area contributed by atoms with Gasteiger partial charge in [0.05, 0.1) is 0 Å². The van der Waals surface area contributed by atoms with E-state index in [4.69, 9.17) is 0 Å². The van der Waals surface area contributed by atoms with Gasteiger partial charge in [0.15, 0.2) is 0 Å². The first-order valence-corrected chi connectivity index (χ1v) is 9.64. The van der Waals surface area contributed by atoms with Crippen LogP contribution in [-0.4, -0.2) is 31.5 Å². The van der Waals surface area contributed by atoms with Crippen LogP contribution < -0.4 is 3.61 Å². The third kappa shape index (κ3) is 1.80. The summed E-state index contributed by atoms with van der Waals surface area (Å²) in [7, 11) is 0. The van der Waals surface area contributed by atoms with Gasteiger partial charge in [-0.15, -0.1) is 0 Å². The molecule has 0 atom stereocenters. The molecule has 0 radical (unpaired) electrons. The van der Waals surface area contributed by atoms with Crippen molar-refractivity contribution in [2.24, 2.45) is 0 Å². The predicted octanol–water partition coefficient (Wildman–Crippen LogP) is -0.168. The molecule has 0 heterocycles. The van der Waals surface area contributed by atoms with E-state index in [2.05, 4.69) is 43.2 Å². The number of benzene rings is 1. The monoisotopic (exact) mass is 288 g/mol. The van der Waals surface area contributed by atoms with Gasteiger partial charge in [0, 0.05) is 0 Å². The van der Waals surface area contributed by atoms with Crippen molar-refractivity contribution in [1.82, 2.24) is 0 Å². The second-order valence-electron chi connectivity index (χ2n) is 1.40. The molecule has 8 heavy (non-hydrogen) atoms. The maximum atomic E-state index is 2.69. The summed E-state index contributed by atoms with van der Waals surface area (Å²) >= 11 is 2.79. The molecular formula is C6H6SeTe. The van der Waals surface area contributed by atoms with Gasteiger partial charge in [-0.25, -0.2) is 0 Å². The zero-order chi connectivity index (χ0) is 5.82. The summed E-state index contributed by atoms with van der Waals surface area (Å²) in [6, 6.07) is 10.6. The van der Waals surface area contributed by atoms with E-state index in [0.717, 1.165) is 0 Å². The minimum atomic E-state index is 0.0959. The van der Waals surface area contributed by atoms with E-state index in [1.165, 1.54) is 3.61 Å². The van der Waals surface area contributed by atoms with E-state index in [9.17, 15) is 0 Å². The Balaban J connectivity index is 2.83. The fraction of sp³-hybridized carbons (Fsp3) is 0. The first-order valence-electron chi connectivity index (χ1n) is 2.30. The van der Waals surface area contributed by atoms with Crippen LogP contribution in [0.1, 0.15) is 0 Å². The van der Waals surface area contributed by atoms with E-state index < -0.39 is 0 Å². The molecule has 0 aromatic heterocycles. The Morgan fingerprint density at radius 2 is 1.75 bits per heavy atom. The van der Waals surface area contributed by atoms with Crippen molar-refractivity contribution in [3.63, 3.8) is 0 Å². The van der Waals surface area contributed by atoms with Crippen molar-refractivity contribution in [3.05, 3.63) is 30.3 Å². The van der Waals surface area contributed by atoms with Gasteiger partial charge < -0.3 is 0 Å². The Labute approximate surface area is 65.2 Å². The molecule has 0 saturated carbocycles. The molecule has 0 N–H and O–H groups in total. The summed E-state index contributed by atoms with van der Waals surface area (Å²) in [4.78, 5) is 0. The summed E-state index contributed by atoms with van der Waals surface area (Å²) in [5.41, 5.74) is 0. The molecule has 0 spiro atoms. The van der Waals surface area contributed by atoms with E-state index in [1.54, 1.807) is 0 Å². The van der Waals surface area contributed by atoms with Crippen LogP contribution in [0.25, 0.3) is 0 Å². The summed E-state index contributed by atoms with van der Waals surface area (Å²) in [6.45, 7) is 0. The van der Waals surface area contributed by atoms with E-state index in [-0.39, 0.29) is 18.7 Å². The van der Waals surface area contributed by atoms with Gasteiger partial charge >= 0.3 is 65.5 Å². The quantitative estimate of drug-likeness (QED) is 0.629. The van der Waals surface area contributed by atoms with Gasteiger partial charge in [-0.2, -0.15) is 0 Å². The van der Waals surface area contributed by atoms with Gasteiger partial charge in [0.2, 0.25) is 0 Å². The molecule has 0 fully saturated rings. The van der Waals surface area contributed by atoms with Crippen molar-refractivity contribution >= 4 is 35.1 Å². The van der Waals surface area contributed by atoms with Gasteiger partial charge in [-0.1, -0.05) is 0 Å². The molecule has 1 aromatic rings. The van der Waals surface area contributed by atoms with Crippen molar-refractivity contribution in [2.75, 3.05) is 0 Å². The van der Waals surface area contributed by atoms with Crippen LogP contribution in [0, 0.1) is 0 Å². The summed E-state index contributed by atoms with van der Waals surface area (Å²) in [5, 5.41) is 0. The van der Waals surface area contributed by atoms with Crippen LogP contribution in [0.2, 0.25) is 0 Å². The molecule has 0 aliphatic rings. The molecule has 0 nitrogen and oxygen atoms in total. The van der Waals surface area contributed by atoms with Crippen LogP contribution in [0.4, 0.5) is 0 Å². The summed E-state index contributed by atoms with van der Waals surface area (Å²) < 4.78 is 1.51. The average molecular weight is 285 g/mol. The third-order valence-electron chi connectivity index (χ3n) is 0.849. The topological polar surface area (TPSA) is 0 Å². The van der Waals surface area contributed by atoms with Crippen LogP contribution in [0.3, 0.4) is 0 Å². The summed E-state index contributed by atoms with van der Waals surface area (Å²) in [6.07, 6.45) is 0. The van der Waals surface area contributed by atoms with Crippen molar-refractivity contribution < 1.29 is 0 Å². The normalized spacial score (nSPS) is 9.12. The first kappa shape index (κ1) is 6.65. The zero-order valence-electron chi connectivity index (χ0n) is 4.24. The summed E-state index contributed by atoms with van der Waals surface area (Å²) in [5.74, 6) is 0. The fourth-order valence-corrected chi connectivity index (χ4v) is 2.99. The molecule has 0 amide bonds. The Morgan fingerprint density at radius 3 is 2.12 bits per heavy atom. The molecule has 2 heteroatoms. The molecule has 1 rings (SSSR count). The van der Waals surface area contributed by atoms with E-state index in [1.807, 2.05) is 0 Å². The Bertz CT molecular complexity index is 150. The van der Waals surface area contributed by atoms with Crippen LogP contribution in [-0.2, 0) is 0 Å². The zero-order valence-corrected chi connectivity index (χ0v) is 8.45. The fourth-order valence-electron chi connectivity index (χ4n) is 0.481. The van der Waals surface area contributed by atoms with Crippen molar-refractivity contribution in [1.29, 1.82) is 0 Å². The van der Waals surface area contributed by atoms with Crippen molar-refractivity contribution in [2.45, 2.75) is 0 Å². The molecule has 0 aliphatic carbocycles. The molecule has 0 unspecified atom stereocenters. The second kappa shape index (κ2) is 3.53. The number of rotatable bonds is 1. The van der Waals surface area contributed by atoms with Gasteiger partial charge in [0.25, 0.3) is 0 Å². The number of hydrogen-bond acceptors (Lipinski definition) is 0. The molecule has 0 aliphatic heterocycles. The van der Waals surface area contributed by atoms with Crippen molar-refractivity contribution in [3.8, 4) is 0 Å². The molecule has 1 aromatic carbocycles. The Morgan fingerprint density at radius 1 is 1.12 bits per heavy atom. The van der Waals surface area contributed by atoms with E-state index in [0.29, 0.717) is 0 Å². The Hall–Kier alpha value is 0.529. The predicted molar refractivity (Wildman–Crippen MR) is 39.0 cm³/mol. The maximum absolute atomic E-state index is 2.69. The average Bonchev–Trinajstić information content (AvgIpc) is 1.90. The van der Waals surface area contributed by atoms with Crippen LogP contribution in [0.15, 0.2) is 30.3 Å². The molecule has 0 bridgehead atoms. The Kier molecular flexibility index (Phi) is 2.94. The molecular weight excluding hydrogens is 279 g/mol. The van der Waals surface area contributed by atoms with Crippen LogP contribution >= 0.6 is 0 Å². The first-order chi connectivity index (χ1) is 3.93. The SMILES string of the molecule is [SeH][Te]c1ccccc1. The molecule has 0 saturated heterocycles. The second-order valence-corrected chi connectivity index (χ2v) is 5.84. The third-order valence-corrected chi connectivity index (χ3v) is 5.19. The molecule has 42 valence electrons. The minimum absolute atomic E-state index is 0.0959. The number of hydrogen-bond donors (Lipinski definition) is 0. The van der Waals surface area contributed by atoms with Gasteiger partial charge in [-0.05, 0) is 0 Å². The van der Waals surface area contributed by atoms with Gasteiger partial charge in [-0.3, -0.25) is 0 Å². The van der Waals surface area contributed by atoms with Crippen LogP contribution in [0.5, 0.6) is 0 Å². The van der Waals surface area contributed by atoms with Gasteiger partial charge in [0.1, 0.15) is 0 Å². The van der Waals surface area contributed by atoms with E-state index >= 15 is 0 Å².